The zero-order valence-corrected chi connectivity index (χ0v) is 12.4. The highest BCUT2D eigenvalue weighted by Gasteiger charge is 2.30. The second-order valence-corrected chi connectivity index (χ2v) is 5.76. The monoisotopic (exact) mass is 262 g/mol. The van der Waals surface area contributed by atoms with E-state index in [-0.39, 0.29) is 0 Å². The van der Waals surface area contributed by atoms with Gasteiger partial charge in [-0.3, -0.25) is 4.98 Å². The van der Waals surface area contributed by atoms with E-state index in [2.05, 4.69) is 36.0 Å². The molecule has 2 rings (SSSR count). The van der Waals surface area contributed by atoms with Crippen LogP contribution in [0.1, 0.15) is 45.7 Å². The predicted molar refractivity (Wildman–Crippen MR) is 79.2 cm³/mol. The van der Waals surface area contributed by atoms with Crippen molar-refractivity contribution in [3.05, 3.63) is 18.1 Å². The third kappa shape index (κ3) is 4.46. The van der Waals surface area contributed by atoms with Gasteiger partial charge in [0.2, 0.25) is 0 Å². The lowest BCUT2D eigenvalue weighted by molar-refractivity contribution is 0.567. The first-order valence-electron chi connectivity index (χ1n) is 7.49. The molecular formula is C15H26N4. The van der Waals surface area contributed by atoms with E-state index in [0.29, 0.717) is 6.04 Å². The number of anilines is 1. The largest absolute Gasteiger partial charge is 0.352 e. The third-order valence-corrected chi connectivity index (χ3v) is 3.46. The molecule has 1 fully saturated rings. The Bertz CT molecular complexity index is 387. The lowest BCUT2D eigenvalue weighted by atomic mass is 10.1. The molecule has 0 aliphatic heterocycles. The van der Waals surface area contributed by atoms with Gasteiger partial charge in [0.15, 0.2) is 0 Å². The van der Waals surface area contributed by atoms with E-state index in [1.807, 2.05) is 12.4 Å². The van der Waals surface area contributed by atoms with Gasteiger partial charge >= 0.3 is 0 Å². The molecule has 106 valence electrons. The first-order chi connectivity index (χ1) is 9.20. The molecule has 0 saturated heterocycles. The summed E-state index contributed by atoms with van der Waals surface area (Å²) < 4.78 is 0. The summed E-state index contributed by atoms with van der Waals surface area (Å²) in [6.45, 7) is 9.53. The lowest BCUT2D eigenvalue weighted by Gasteiger charge is -2.24. The zero-order chi connectivity index (χ0) is 13.7. The molecule has 1 heterocycles. The van der Waals surface area contributed by atoms with Gasteiger partial charge in [0.25, 0.3) is 0 Å². The highest BCUT2D eigenvalue weighted by molar-refractivity contribution is 5.39. The summed E-state index contributed by atoms with van der Waals surface area (Å²) in [6, 6.07) is 0.697. The summed E-state index contributed by atoms with van der Waals surface area (Å²) in [5, 5.41) is 3.30. The lowest BCUT2D eigenvalue weighted by Crippen LogP contribution is -2.29. The standard InChI is InChI=1S/C15H26N4/c1-4-16-9-13-10-17-11-15(18-13)19(14-5-6-14)8-7-12(2)3/h10-12,14,16H,4-9H2,1-3H3. The first-order valence-corrected chi connectivity index (χ1v) is 7.49. The fraction of sp³-hybridized carbons (Fsp3) is 0.733. The predicted octanol–water partition coefficient (Wildman–Crippen LogP) is 2.60. The average molecular weight is 262 g/mol. The van der Waals surface area contributed by atoms with Crippen LogP contribution in [0.2, 0.25) is 0 Å². The molecule has 19 heavy (non-hydrogen) atoms. The fourth-order valence-electron chi connectivity index (χ4n) is 2.14. The van der Waals surface area contributed by atoms with E-state index < -0.39 is 0 Å². The van der Waals surface area contributed by atoms with Gasteiger partial charge in [0, 0.05) is 25.3 Å². The van der Waals surface area contributed by atoms with E-state index in [4.69, 9.17) is 4.98 Å². The minimum Gasteiger partial charge on any atom is -0.352 e. The second kappa shape index (κ2) is 6.85. The number of rotatable bonds is 8. The van der Waals surface area contributed by atoms with Crippen LogP contribution in [-0.2, 0) is 6.54 Å². The summed E-state index contributed by atoms with van der Waals surface area (Å²) in [4.78, 5) is 11.5. The van der Waals surface area contributed by atoms with Crippen molar-refractivity contribution in [3.8, 4) is 0 Å². The molecule has 1 aliphatic rings. The Morgan fingerprint density at radius 1 is 1.37 bits per heavy atom. The van der Waals surface area contributed by atoms with Crippen LogP contribution in [0.3, 0.4) is 0 Å². The number of hydrogen-bond donors (Lipinski definition) is 1. The molecule has 4 nitrogen and oxygen atoms in total. The molecule has 4 heteroatoms. The summed E-state index contributed by atoms with van der Waals surface area (Å²) in [6.07, 6.45) is 7.60. The molecule has 0 spiro atoms. The molecule has 0 atom stereocenters. The molecule has 0 bridgehead atoms. The molecule has 1 N–H and O–H groups in total. The van der Waals surface area contributed by atoms with Gasteiger partial charge in [-0.15, -0.1) is 0 Å². The maximum absolute atomic E-state index is 4.75. The molecule has 0 aromatic carbocycles. The molecule has 1 saturated carbocycles. The van der Waals surface area contributed by atoms with E-state index in [1.54, 1.807) is 0 Å². The van der Waals surface area contributed by atoms with Gasteiger partial charge in [-0.05, 0) is 31.7 Å². The fourth-order valence-corrected chi connectivity index (χ4v) is 2.14. The molecule has 1 aliphatic carbocycles. The minimum absolute atomic E-state index is 0.697. The van der Waals surface area contributed by atoms with Gasteiger partial charge in [0.1, 0.15) is 5.82 Å². The van der Waals surface area contributed by atoms with Crippen LogP contribution >= 0.6 is 0 Å². The van der Waals surface area contributed by atoms with Crippen LogP contribution in [0.5, 0.6) is 0 Å². The molecule has 0 amide bonds. The van der Waals surface area contributed by atoms with Gasteiger partial charge in [-0.25, -0.2) is 4.98 Å². The number of hydrogen-bond acceptors (Lipinski definition) is 4. The van der Waals surface area contributed by atoms with Gasteiger partial charge in [-0.1, -0.05) is 20.8 Å². The number of aromatic nitrogens is 2. The Balaban J connectivity index is 2.03. The van der Waals surface area contributed by atoms with Crippen molar-refractivity contribution < 1.29 is 0 Å². The Kier molecular flexibility index (Phi) is 5.14. The van der Waals surface area contributed by atoms with E-state index >= 15 is 0 Å². The van der Waals surface area contributed by atoms with Crippen molar-refractivity contribution in [1.29, 1.82) is 0 Å². The molecular weight excluding hydrogens is 236 g/mol. The second-order valence-electron chi connectivity index (χ2n) is 5.76. The quantitative estimate of drug-likeness (QED) is 0.782. The molecule has 0 radical (unpaired) electrons. The Morgan fingerprint density at radius 2 is 2.16 bits per heavy atom. The Morgan fingerprint density at radius 3 is 2.79 bits per heavy atom. The minimum atomic E-state index is 0.697. The molecule has 1 aromatic heterocycles. The van der Waals surface area contributed by atoms with Crippen molar-refractivity contribution in [2.75, 3.05) is 18.0 Å². The summed E-state index contributed by atoms with van der Waals surface area (Å²) in [5.41, 5.74) is 1.04. The van der Waals surface area contributed by atoms with E-state index in [1.165, 1.54) is 19.3 Å². The van der Waals surface area contributed by atoms with Gasteiger partial charge in [0.05, 0.1) is 11.9 Å². The van der Waals surface area contributed by atoms with Crippen LogP contribution in [0.25, 0.3) is 0 Å². The van der Waals surface area contributed by atoms with Crippen LogP contribution < -0.4 is 10.2 Å². The number of nitrogens with zero attached hydrogens (tertiary/aromatic N) is 3. The van der Waals surface area contributed by atoms with Gasteiger partial charge < -0.3 is 10.2 Å². The first kappa shape index (κ1) is 14.3. The summed E-state index contributed by atoms with van der Waals surface area (Å²) >= 11 is 0. The normalized spacial score (nSPS) is 14.9. The summed E-state index contributed by atoms with van der Waals surface area (Å²) in [7, 11) is 0. The Labute approximate surface area is 116 Å². The van der Waals surface area contributed by atoms with Crippen molar-refractivity contribution in [3.63, 3.8) is 0 Å². The topological polar surface area (TPSA) is 41.1 Å². The summed E-state index contributed by atoms with van der Waals surface area (Å²) in [5.74, 6) is 1.79. The highest BCUT2D eigenvalue weighted by Crippen LogP contribution is 2.30. The van der Waals surface area contributed by atoms with E-state index in [9.17, 15) is 0 Å². The van der Waals surface area contributed by atoms with Gasteiger partial charge in [-0.2, -0.15) is 0 Å². The highest BCUT2D eigenvalue weighted by atomic mass is 15.2. The van der Waals surface area contributed by atoms with Crippen LogP contribution in [-0.4, -0.2) is 29.1 Å². The van der Waals surface area contributed by atoms with Crippen molar-refractivity contribution >= 4 is 5.82 Å². The zero-order valence-electron chi connectivity index (χ0n) is 12.4. The average Bonchev–Trinajstić information content (AvgIpc) is 3.21. The van der Waals surface area contributed by atoms with E-state index in [0.717, 1.165) is 37.1 Å². The maximum atomic E-state index is 4.75. The molecule has 0 unspecified atom stereocenters. The molecule has 1 aromatic rings. The van der Waals surface area contributed by atoms with Crippen molar-refractivity contribution in [1.82, 2.24) is 15.3 Å². The third-order valence-electron chi connectivity index (χ3n) is 3.46. The van der Waals surface area contributed by atoms with Crippen LogP contribution in [0.15, 0.2) is 12.4 Å². The van der Waals surface area contributed by atoms with Crippen molar-refractivity contribution in [2.45, 2.75) is 52.6 Å². The Hall–Kier alpha value is -1.16. The maximum Gasteiger partial charge on any atom is 0.147 e. The van der Waals surface area contributed by atoms with Crippen LogP contribution in [0, 0.1) is 5.92 Å². The number of nitrogens with one attached hydrogen (secondary N) is 1. The smallest absolute Gasteiger partial charge is 0.147 e. The van der Waals surface area contributed by atoms with Crippen molar-refractivity contribution in [2.24, 2.45) is 5.92 Å². The van der Waals surface area contributed by atoms with Crippen LogP contribution in [0.4, 0.5) is 5.82 Å². The SMILES string of the molecule is CCNCc1cncc(N(CCC(C)C)C2CC2)n1.